The highest BCUT2D eigenvalue weighted by molar-refractivity contribution is 5.57. The molecule has 1 saturated carbocycles. The van der Waals surface area contributed by atoms with Crippen LogP contribution >= 0.6 is 0 Å². The van der Waals surface area contributed by atoms with Crippen LogP contribution in [0.3, 0.4) is 0 Å². The first-order valence-corrected chi connectivity index (χ1v) is 10.8. The molecule has 4 N–H and O–H groups in total. The summed E-state index contributed by atoms with van der Waals surface area (Å²) in [6.07, 6.45) is 4.43. The van der Waals surface area contributed by atoms with Gasteiger partial charge in [-0.3, -0.25) is 5.01 Å². The zero-order valence-electron chi connectivity index (χ0n) is 18.4. The summed E-state index contributed by atoms with van der Waals surface area (Å²) in [5.74, 6) is 0.435. The summed E-state index contributed by atoms with van der Waals surface area (Å²) in [5.41, 5.74) is 12.2. The highest BCUT2D eigenvalue weighted by Crippen LogP contribution is 2.30. The number of benzene rings is 2. The number of rotatable bonds is 8. The minimum absolute atomic E-state index is 0.295. The number of anilines is 1. The Bertz CT molecular complexity index is 844. The van der Waals surface area contributed by atoms with Gasteiger partial charge in [0.25, 0.3) is 0 Å². The van der Waals surface area contributed by atoms with Gasteiger partial charge >= 0.3 is 0 Å². The van der Waals surface area contributed by atoms with Crippen molar-refractivity contribution in [2.45, 2.75) is 70.8 Å². The number of aryl methyl sites for hydroxylation is 1. The maximum atomic E-state index is 14.3. The summed E-state index contributed by atoms with van der Waals surface area (Å²) >= 11 is 0. The second kappa shape index (κ2) is 9.63. The zero-order valence-corrected chi connectivity index (χ0v) is 18.4. The topological polar surface area (TPSA) is 53.3 Å². The van der Waals surface area contributed by atoms with Crippen molar-refractivity contribution in [3.8, 4) is 0 Å². The molecule has 0 amide bonds. The van der Waals surface area contributed by atoms with E-state index in [1.807, 2.05) is 36.2 Å². The molecule has 162 valence electrons. The van der Waals surface area contributed by atoms with Crippen LogP contribution in [0, 0.1) is 6.92 Å². The van der Waals surface area contributed by atoms with E-state index in [9.17, 15) is 4.39 Å². The molecule has 0 heterocycles. The Morgan fingerprint density at radius 3 is 2.50 bits per heavy atom. The molecule has 2 unspecified atom stereocenters. The Labute approximate surface area is 180 Å². The first-order valence-electron chi connectivity index (χ1n) is 10.8. The van der Waals surface area contributed by atoms with E-state index in [-0.39, 0.29) is 0 Å². The minimum Gasteiger partial charge on any atom is -0.385 e. The van der Waals surface area contributed by atoms with Crippen molar-refractivity contribution >= 4 is 5.69 Å². The van der Waals surface area contributed by atoms with Crippen LogP contribution in [0.15, 0.2) is 60.9 Å². The molecule has 1 aliphatic rings. The van der Waals surface area contributed by atoms with Crippen molar-refractivity contribution in [3.05, 3.63) is 77.6 Å². The van der Waals surface area contributed by atoms with E-state index in [0.717, 1.165) is 37.1 Å². The van der Waals surface area contributed by atoms with Crippen LogP contribution in [0.2, 0.25) is 0 Å². The molecule has 2 aromatic carbocycles. The average Bonchev–Trinajstić information content (AvgIpc) is 2.71. The quantitative estimate of drug-likeness (QED) is 0.534. The molecule has 2 aromatic rings. The van der Waals surface area contributed by atoms with Crippen LogP contribution in [0.25, 0.3) is 0 Å². The third kappa shape index (κ3) is 5.83. The standard InChI is InChI=1S/C25H35FN4/c1-18-15-21(25(3,4)26)13-14-24(18)30(19(2)27)29-23-12-8-11-22(16-23)28-17-20-9-6-5-7-10-20/h5-7,9-10,13-15,22-23,28-29H,2,8,11-12,16-17,27H2,1,3-4H3. The van der Waals surface area contributed by atoms with Crippen molar-refractivity contribution in [1.82, 2.24) is 10.7 Å². The van der Waals surface area contributed by atoms with Gasteiger partial charge in [0.2, 0.25) is 0 Å². The lowest BCUT2D eigenvalue weighted by atomic mass is 9.91. The summed E-state index contributed by atoms with van der Waals surface area (Å²) in [6, 6.07) is 16.9. The Morgan fingerprint density at radius 2 is 1.87 bits per heavy atom. The summed E-state index contributed by atoms with van der Waals surface area (Å²) in [5, 5.41) is 5.55. The van der Waals surface area contributed by atoms with Gasteiger partial charge in [-0.1, -0.05) is 55.5 Å². The highest BCUT2D eigenvalue weighted by atomic mass is 19.1. The fourth-order valence-electron chi connectivity index (χ4n) is 4.12. The van der Waals surface area contributed by atoms with Crippen molar-refractivity contribution in [3.63, 3.8) is 0 Å². The Morgan fingerprint density at radius 1 is 1.17 bits per heavy atom. The fraction of sp³-hybridized carbons (Fsp3) is 0.440. The average molecular weight is 411 g/mol. The molecule has 0 bridgehead atoms. The van der Waals surface area contributed by atoms with Gasteiger partial charge in [-0.25, -0.2) is 9.82 Å². The Balaban J connectivity index is 1.65. The summed E-state index contributed by atoms with van der Waals surface area (Å²) in [7, 11) is 0. The van der Waals surface area contributed by atoms with Crippen molar-refractivity contribution in [2.75, 3.05) is 5.01 Å². The van der Waals surface area contributed by atoms with Gasteiger partial charge in [-0.2, -0.15) is 0 Å². The van der Waals surface area contributed by atoms with Gasteiger partial charge in [0, 0.05) is 18.6 Å². The van der Waals surface area contributed by atoms with Gasteiger partial charge < -0.3 is 11.1 Å². The third-order valence-electron chi connectivity index (χ3n) is 5.83. The van der Waals surface area contributed by atoms with E-state index in [0.29, 0.717) is 23.5 Å². The predicted octanol–water partition coefficient (Wildman–Crippen LogP) is 5.04. The van der Waals surface area contributed by atoms with E-state index < -0.39 is 5.67 Å². The monoisotopic (exact) mass is 410 g/mol. The van der Waals surface area contributed by atoms with E-state index in [1.54, 1.807) is 13.8 Å². The maximum absolute atomic E-state index is 14.3. The van der Waals surface area contributed by atoms with Crippen LogP contribution < -0.4 is 21.5 Å². The van der Waals surface area contributed by atoms with Crippen molar-refractivity contribution in [2.24, 2.45) is 5.73 Å². The third-order valence-corrected chi connectivity index (χ3v) is 5.83. The molecule has 0 aromatic heterocycles. The molecule has 1 aliphatic carbocycles. The zero-order chi connectivity index (χ0) is 21.7. The second-order valence-electron chi connectivity index (χ2n) is 8.86. The molecule has 0 aliphatic heterocycles. The van der Waals surface area contributed by atoms with Crippen molar-refractivity contribution in [1.29, 1.82) is 0 Å². The van der Waals surface area contributed by atoms with Gasteiger partial charge in [-0.05, 0) is 62.8 Å². The number of hydrogen-bond donors (Lipinski definition) is 3. The highest BCUT2D eigenvalue weighted by Gasteiger charge is 2.25. The van der Waals surface area contributed by atoms with Crippen molar-refractivity contribution < 1.29 is 4.39 Å². The van der Waals surface area contributed by atoms with Gasteiger partial charge in [0.15, 0.2) is 0 Å². The Hall–Kier alpha value is -2.37. The molecule has 0 spiro atoms. The molecule has 5 heteroatoms. The minimum atomic E-state index is -1.37. The van der Waals surface area contributed by atoms with E-state index in [2.05, 4.69) is 41.6 Å². The van der Waals surface area contributed by atoms with E-state index in [1.165, 1.54) is 12.0 Å². The first-order chi connectivity index (χ1) is 14.2. The summed E-state index contributed by atoms with van der Waals surface area (Å²) < 4.78 is 14.3. The molecular formula is C25H35FN4. The van der Waals surface area contributed by atoms with Crippen LogP contribution in [0.1, 0.15) is 56.2 Å². The number of alkyl halides is 1. The number of nitrogens with two attached hydrogens (primary N) is 1. The molecule has 30 heavy (non-hydrogen) atoms. The molecular weight excluding hydrogens is 375 g/mol. The Kier molecular flexibility index (Phi) is 7.16. The SMILES string of the molecule is C=C(N)N(NC1CCCC(NCc2ccccc2)C1)c1ccc(C(C)(C)F)cc1C. The van der Waals surface area contributed by atoms with E-state index >= 15 is 0 Å². The van der Waals surface area contributed by atoms with E-state index in [4.69, 9.17) is 5.73 Å². The first kappa shape index (κ1) is 22.3. The number of hydrazine groups is 1. The molecule has 4 nitrogen and oxygen atoms in total. The van der Waals surface area contributed by atoms with Gasteiger partial charge in [0.05, 0.1) is 5.69 Å². The lowest BCUT2D eigenvalue weighted by Crippen LogP contribution is -2.50. The smallest absolute Gasteiger partial charge is 0.130 e. The number of nitrogens with one attached hydrogen (secondary N) is 2. The molecule has 2 atom stereocenters. The van der Waals surface area contributed by atoms with Crippen LogP contribution in [0.5, 0.6) is 0 Å². The second-order valence-corrected chi connectivity index (χ2v) is 8.86. The molecule has 1 fully saturated rings. The number of nitrogens with zero attached hydrogens (tertiary/aromatic N) is 1. The van der Waals surface area contributed by atoms with Crippen LogP contribution in [-0.4, -0.2) is 12.1 Å². The molecule has 0 radical (unpaired) electrons. The summed E-state index contributed by atoms with van der Waals surface area (Å²) in [4.78, 5) is 0. The molecule has 0 saturated heterocycles. The fourth-order valence-corrected chi connectivity index (χ4v) is 4.12. The van der Waals surface area contributed by atoms with Gasteiger partial charge in [0.1, 0.15) is 11.5 Å². The molecule has 3 rings (SSSR count). The lowest BCUT2D eigenvalue weighted by Gasteiger charge is -2.36. The van der Waals surface area contributed by atoms with Gasteiger partial charge in [-0.15, -0.1) is 0 Å². The predicted molar refractivity (Wildman–Crippen MR) is 124 cm³/mol. The lowest BCUT2D eigenvalue weighted by molar-refractivity contribution is 0.221. The number of hydrogen-bond acceptors (Lipinski definition) is 4. The summed E-state index contributed by atoms with van der Waals surface area (Å²) in [6.45, 7) is 9.96. The maximum Gasteiger partial charge on any atom is 0.130 e. The number of halogens is 1. The van der Waals surface area contributed by atoms with Crippen LogP contribution in [-0.2, 0) is 12.2 Å². The normalized spacial score (nSPS) is 19.5. The largest absolute Gasteiger partial charge is 0.385 e. The van der Waals surface area contributed by atoms with Crippen LogP contribution in [0.4, 0.5) is 10.1 Å².